The highest BCUT2D eigenvalue weighted by atomic mass is 32.1. The Morgan fingerprint density at radius 2 is 2.09 bits per heavy atom. The minimum absolute atomic E-state index is 0.101. The van der Waals surface area contributed by atoms with Gasteiger partial charge in [-0.2, -0.15) is 15.1 Å². The molecule has 1 N–H and O–H groups in total. The van der Waals surface area contributed by atoms with Gasteiger partial charge in [0.2, 0.25) is 16.3 Å². The van der Waals surface area contributed by atoms with Crippen molar-refractivity contribution in [3.05, 3.63) is 17.3 Å². The van der Waals surface area contributed by atoms with E-state index in [4.69, 9.17) is 4.74 Å². The van der Waals surface area contributed by atoms with E-state index in [0.717, 1.165) is 33.8 Å². The molecule has 2 radical (unpaired) electrons. The number of aliphatic hydroxyl groups is 1. The number of nitrogens with zero attached hydrogens (tertiary/aromatic N) is 6. The van der Waals surface area contributed by atoms with Gasteiger partial charge in [-0.1, -0.05) is 11.3 Å². The highest BCUT2D eigenvalue weighted by Gasteiger charge is 2.21. The van der Waals surface area contributed by atoms with Crippen LogP contribution in [-0.2, 0) is 11.3 Å². The third-order valence-corrected chi connectivity index (χ3v) is 4.78. The summed E-state index contributed by atoms with van der Waals surface area (Å²) in [5.41, 5.74) is 0.725. The zero-order valence-corrected chi connectivity index (χ0v) is 14.2. The van der Waals surface area contributed by atoms with E-state index in [1.807, 2.05) is 12.3 Å². The van der Waals surface area contributed by atoms with Gasteiger partial charge in [0.1, 0.15) is 10.5 Å². The Kier molecular flexibility index (Phi) is 4.01. The molecule has 0 aromatic carbocycles. The molecule has 1 saturated heterocycles. The van der Waals surface area contributed by atoms with Crippen molar-refractivity contribution < 1.29 is 9.84 Å². The van der Waals surface area contributed by atoms with Crippen LogP contribution >= 0.6 is 11.3 Å². The Balaban J connectivity index is 1.88. The lowest BCUT2D eigenvalue weighted by Crippen LogP contribution is -2.37. The number of fused-ring (bicyclic) bond motifs is 1. The van der Waals surface area contributed by atoms with Crippen molar-refractivity contribution in [2.75, 3.05) is 31.2 Å². The van der Waals surface area contributed by atoms with Crippen molar-refractivity contribution in [1.29, 1.82) is 0 Å². The molecular weight excluding hydrogens is 331 g/mol. The number of morpholine rings is 1. The van der Waals surface area contributed by atoms with Gasteiger partial charge in [0.05, 0.1) is 19.8 Å². The predicted octanol–water partition coefficient (Wildman–Crippen LogP) is -0.605. The van der Waals surface area contributed by atoms with Crippen molar-refractivity contribution in [3.8, 4) is 5.95 Å². The monoisotopic (exact) mass is 344 g/mol. The van der Waals surface area contributed by atoms with E-state index in [1.165, 1.54) is 11.3 Å². The van der Waals surface area contributed by atoms with Crippen LogP contribution in [0.25, 0.3) is 16.3 Å². The normalized spacial score (nSPS) is 15.4. The molecular formula is C13H13AlN6O2S. The first-order valence-corrected chi connectivity index (χ1v) is 8.56. The quantitative estimate of drug-likeness (QED) is 0.634. The Bertz CT molecular complexity index is 844. The van der Waals surface area contributed by atoms with Gasteiger partial charge in [0, 0.05) is 19.3 Å². The SMILES string of the molecule is OCc1nc2c(N3CCOCC3)nc(-n3cc[c]([Al])n3)nc2s1. The molecule has 10 heteroatoms. The minimum atomic E-state index is -0.101. The van der Waals surface area contributed by atoms with Crippen LogP contribution in [0.1, 0.15) is 5.01 Å². The van der Waals surface area contributed by atoms with E-state index >= 15 is 0 Å². The highest BCUT2D eigenvalue weighted by molar-refractivity contribution is 7.18. The minimum Gasteiger partial charge on any atom is -0.389 e. The largest absolute Gasteiger partial charge is 0.389 e. The third kappa shape index (κ3) is 2.84. The second-order valence-electron chi connectivity index (χ2n) is 5.05. The molecule has 0 bridgehead atoms. The van der Waals surface area contributed by atoms with Crippen LogP contribution in [0.15, 0.2) is 12.3 Å². The Morgan fingerprint density at radius 3 is 2.78 bits per heavy atom. The second-order valence-corrected chi connectivity index (χ2v) is 6.70. The number of hydrogen-bond acceptors (Lipinski definition) is 8. The molecule has 1 fully saturated rings. The van der Waals surface area contributed by atoms with Gasteiger partial charge in [-0.25, -0.2) is 9.67 Å². The molecule has 8 nitrogen and oxygen atoms in total. The van der Waals surface area contributed by atoms with E-state index in [-0.39, 0.29) is 6.61 Å². The van der Waals surface area contributed by atoms with Gasteiger partial charge in [0.15, 0.2) is 10.6 Å². The molecule has 3 aromatic heterocycles. The molecule has 0 unspecified atom stereocenters. The van der Waals surface area contributed by atoms with E-state index in [9.17, 15) is 5.11 Å². The van der Waals surface area contributed by atoms with Gasteiger partial charge in [-0.15, -0.1) is 0 Å². The zero-order valence-electron chi connectivity index (χ0n) is 12.2. The first kappa shape index (κ1) is 15.0. The van der Waals surface area contributed by atoms with E-state index in [2.05, 4.69) is 41.2 Å². The van der Waals surface area contributed by atoms with Crippen molar-refractivity contribution >= 4 is 48.3 Å². The van der Waals surface area contributed by atoms with Crippen LogP contribution in [0.2, 0.25) is 0 Å². The lowest BCUT2D eigenvalue weighted by Gasteiger charge is -2.28. The number of aliphatic hydroxyl groups excluding tert-OH is 1. The molecule has 3 aromatic rings. The van der Waals surface area contributed by atoms with Crippen LogP contribution in [0.4, 0.5) is 5.82 Å². The van der Waals surface area contributed by atoms with E-state index in [0.29, 0.717) is 24.2 Å². The topological polar surface area (TPSA) is 89.2 Å². The maximum atomic E-state index is 9.38. The molecule has 23 heavy (non-hydrogen) atoms. The average molecular weight is 344 g/mol. The fourth-order valence-electron chi connectivity index (χ4n) is 2.46. The van der Waals surface area contributed by atoms with Crippen molar-refractivity contribution in [2.45, 2.75) is 6.61 Å². The molecule has 0 aliphatic carbocycles. The van der Waals surface area contributed by atoms with Crippen molar-refractivity contribution in [1.82, 2.24) is 24.7 Å². The summed E-state index contributed by atoms with van der Waals surface area (Å²) in [6, 6.07) is 1.87. The molecule has 0 saturated carbocycles. The maximum Gasteiger partial charge on any atom is 0.253 e. The number of thiazole rings is 1. The van der Waals surface area contributed by atoms with Gasteiger partial charge < -0.3 is 14.7 Å². The summed E-state index contributed by atoms with van der Waals surface area (Å²) in [6.45, 7) is 2.73. The number of aromatic nitrogens is 5. The summed E-state index contributed by atoms with van der Waals surface area (Å²) in [4.78, 5) is 16.6. The summed E-state index contributed by atoms with van der Waals surface area (Å²) < 4.78 is 7.88. The zero-order chi connectivity index (χ0) is 15.8. The Morgan fingerprint density at radius 1 is 1.26 bits per heavy atom. The fourth-order valence-corrected chi connectivity index (χ4v) is 3.45. The number of anilines is 1. The van der Waals surface area contributed by atoms with Gasteiger partial charge in [-0.05, 0) is 10.6 Å². The van der Waals surface area contributed by atoms with Crippen LogP contribution < -0.4 is 9.46 Å². The molecule has 116 valence electrons. The molecule has 1 aliphatic rings. The fraction of sp³-hybridized carbons (Fsp3) is 0.385. The number of rotatable bonds is 3. The number of hydrogen-bond donors (Lipinski definition) is 1. The smallest absolute Gasteiger partial charge is 0.253 e. The van der Waals surface area contributed by atoms with Crippen LogP contribution in [0.5, 0.6) is 0 Å². The average Bonchev–Trinajstić information content (AvgIpc) is 3.20. The standard InChI is InChI=1S/C13H13N6O2S.Al/c20-8-9-15-10-11(18-4-6-21-7-5-18)16-13(17-12(10)22-9)19-3-1-2-14-19;/h1,3,20H,4-8H2;. The predicted molar refractivity (Wildman–Crippen MR) is 86.7 cm³/mol. The third-order valence-electron chi connectivity index (χ3n) is 3.53. The second kappa shape index (κ2) is 6.15. The first-order valence-electron chi connectivity index (χ1n) is 7.17. The summed E-state index contributed by atoms with van der Waals surface area (Å²) in [5.74, 6) is 1.27. The molecule has 0 atom stereocenters. The molecule has 4 rings (SSSR count). The molecule has 4 heterocycles. The van der Waals surface area contributed by atoms with Crippen LogP contribution in [-0.4, -0.2) is 72.4 Å². The van der Waals surface area contributed by atoms with E-state index in [1.54, 1.807) is 4.68 Å². The van der Waals surface area contributed by atoms with Gasteiger partial charge >= 0.3 is 0 Å². The van der Waals surface area contributed by atoms with Gasteiger partial charge in [0.25, 0.3) is 5.95 Å². The number of ether oxygens (including phenoxy) is 1. The summed E-state index contributed by atoms with van der Waals surface area (Å²) in [6.07, 6.45) is 1.82. The maximum absolute atomic E-state index is 9.38. The molecule has 0 spiro atoms. The van der Waals surface area contributed by atoms with Gasteiger partial charge in [-0.3, -0.25) is 0 Å². The van der Waals surface area contributed by atoms with Crippen LogP contribution in [0.3, 0.4) is 0 Å². The summed E-state index contributed by atoms with van der Waals surface area (Å²) in [7, 11) is 0. The lowest BCUT2D eigenvalue weighted by atomic mass is 10.4. The summed E-state index contributed by atoms with van der Waals surface area (Å²) >= 11 is 3.93. The Hall–Kier alpha value is -1.57. The summed E-state index contributed by atoms with van der Waals surface area (Å²) in [5, 5.41) is 14.4. The Labute approximate surface area is 144 Å². The molecule has 0 amide bonds. The lowest BCUT2D eigenvalue weighted by molar-refractivity contribution is 0.122. The highest BCUT2D eigenvalue weighted by Crippen LogP contribution is 2.29. The van der Waals surface area contributed by atoms with Crippen molar-refractivity contribution in [2.24, 2.45) is 0 Å². The first-order chi connectivity index (χ1) is 11.2. The van der Waals surface area contributed by atoms with E-state index < -0.39 is 0 Å². The molecule has 1 aliphatic heterocycles. The van der Waals surface area contributed by atoms with Crippen molar-refractivity contribution in [3.63, 3.8) is 0 Å². The van der Waals surface area contributed by atoms with Crippen LogP contribution in [0, 0.1) is 0 Å².